The summed E-state index contributed by atoms with van der Waals surface area (Å²) < 4.78 is 33.6. The van der Waals surface area contributed by atoms with Crippen molar-refractivity contribution in [2.75, 3.05) is 5.32 Å². The topological polar surface area (TPSA) is 56.2 Å². The zero-order valence-corrected chi connectivity index (χ0v) is 15.8. The van der Waals surface area contributed by atoms with Gasteiger partial charge in [-0.25, -0.2) is 13.5 Å². The van der Waals surface area contributed by atoms with E-state index in [1.807, 2.05) is 19.9 Å². The molecule has 2 heterocycles. The fraction of sp³-hybridized carbons (Fsp3) is 0.263. The number of benzene rings is 1. The van der Waals surface area contributed by atoms with E-state index in [0.29, 0.717) is 10.7 Å². The predicted molar refractivity (Wildman–Crippen MR) is 100 cm³/mol. The molecule has 5 nitrogen and oxygen atoms in total. The molecule has 27 heavy (non-hydrogen) atoms. The van der Waals surface area contributed by atoms with E-state index >= 15 is 0 Å². The Balaban J connectivity index is 1.64. The molecule has 0 aliphatic carbocycles. The van der Waals surface area contributed by atoms with Crippen molar-refractivity contribution in [1.29, 1.82) is 0 Å². The van der Waals surface area contributed by atoms with Crippen LogP contribution in [0.25, 0.3) is 0 Å². The lowest BCUT2D eigenvalue weighted by Crippen LogP contribution is -2.14. The Kier molecular flexibility index (Phi) is 5.85. The summed E-state index contributed by atoms with van der Waals surface area (Å²) >= 11 is 1.27. The lowest BCUT2D eigenvalue weighted by atomic mass is 10.3. The maximum atomic E-state index is 13.6. The lowest BCUT2D eigenvalue weighted by Gasteiger charge is -2.07. The Labute approximate surface area is 159 Å². The zero-order chi connectivity index (χ0) is 19.4. The van der Waals surface area contributed by atoms with Crippen LogP contribution in [0, 0.1) is 18.6 Å². The third kappa shape index (κ3) is 4.71. The highest BCUT2D eigenvalue weighted by molar-refractivity contribution is 7.12. The number of aromatic nitrogens is 2. The molecule has 0 radical (unpaired) electrons. The summed E-state index contributed by atoms with van der Waals surface area (Å²) in [6.45, 7) is 4.71. The molecule has 0 saturated heterocycles. The molecule has 0 aliphatic heterocycles. The summed E-state index contributed by atoms with van der Waals surface area (Å²) in [6, 6.07) is 6.65. The van der Waals surface area contributed by atoms with Gasteiger partial charge in [0, 0.05) is 24.2 Å². The van der Waals surface area contributed by atoms with Crippen LogP contribution in [0.5, 0.6) is 5.75 Å². The van der Waals surface area contributed by atoms with Crippen molar-refractivity contribution >= 4 is 23.1 Å². The SMILES string of the molecule is CCCn1nc(C)cc1NC(=O)c1cc(COc2ccc(F)cc2F)cs1. The van der Waals surface area contributed by atoms with Crippen LogP contribution in [0.2, 0.25) is 0 Å². The van der Waals surface area contributed by atoms with Crippen molar-refractivity contribution in [3.05, 3.63) is 63.5 Å². The molecule has 142 valence electrons. The largest absolute Gasteiger partial charge is 0.486 e. The highest BCUT2D eigenvalue weighted by atomic mass is 32.1. The van der Waals surface area contributed by atoms with E-state index in [9.17, 15) is 13.6 Å². The summed E-state index contributed by atoms with van der Waals surface area (Å²) in [7, 11) is 0. The molecule has 8 heteroatoms. The Bertz CT molecular complexity index is 952. The molecule has 1 N–H and O–H groups in total. The number of hydrogen-bond donors (Lipinski definition) is 1. The second kappa shape index (κ2) is 8.30. The first kappa shape index (κ1) is 19.0. The second-order valence-corrected chi connectivity index (χ2v) is 6.94. The molecule has 0 saturated carbocycles. The van der Waals surface area contributed by atoms with E-state index in [2.05, 4.69) is 10.4 Å². The summed E-state index contributed by atoms with van der Waals surface area (Å²) in [6.07, 6.45) is 0.907. The number of hydrogen-bond acceptors (Lipinski definition) is 4. The molecule has 1 aromatic carbocycles. The number of ether oxygens (including phenoxy) is 1. The van der Waals surface area contributed by atoms with Gasteiger partial charge in [0.1, 0.15) is 18.2 Å². The van der Waals surface area contributed by atoms with E-state index in [-0.39, 0.29) is 18.3 Å². The second-order valence-electron chi connectivity index (χ2n) is 6.03. The number of anilines is 1. The number of carbonyl (C=O) groups excluding carboxylic acids is 1. The van der Waals surface area contributed by atoms with Gasteiger partial charge in [0.2, 0.25) is 0 Å². The summed E-state index contributed by atoms with van der Waals surface area (Å²) in [5.74, 6) is -1.04. The van der Waals surface area contributed by atoms with E-state index < -0.39 is 11.6 Å². The van der Waals surface area contributed by atoms with Crippen LogP contribution in [0.15, 0.2) is 35.7 Å². The molecule has 0 aliphatic rings. The van der Waals surface area contributed by atoms with Gasteiger partial charge in [-0.3, -0.25) is 4.79 Å². The monoisotopic (exact) mass is 391 g/mol. The normalized spacial score (nSPS) is 10.8. The van der Waals surface area contributed by atoms with Crippen molar-refractivity contribution in [2.24, 2.45) is 0 Å². The number of nitrogens with zero attached hydrogens (tertiary/aromatic N) is 2. The Morgan fingerprint density at radius 3 is 2.85 bits per heavy atom. The molecule has 3 rings (SSSR count). The van der Waals surface area contributed by atoms with Crippen LogP contribution in [0.3, 0.4) is 0 Å². The minimum absolute atomic E-state index is 0.0347. The maximum absolute atomic E-state index is 13.6. The molecule has 0 fully saturated rings. The van der Waals surface area contributed by atoms with Gasteiger partial charge in [0.05, 0.1) is 10.6 Å². The Hall–Kier alpha value is -2.74. The average Bonchev–Trinajstić information content (AvgIpc) is 3.21. The highest BCUT2D eigenvalue weighted by Crippen LogP contribution is 2.22. The predicted octanol–water partition coefficient (Wildman–Crippen LogP) is 4.77. The minimum atomic E-state index is -0.761. The third-order valence-electron chi connectivity index (χ3n) is 3.74. The number of amides is 1. The van der Waals surface area contributed by atoms with Gasteiger partial charge < -0.3 is 10.1 Å². The molecule has 0 unspecified atom stereocenters. The molecule has 0 spiro atoms. The van der Waals surface area contributed by atoms with Crippen molar-refractivity contribution in [3.8, 4) is 5.75 Å². The summed E-state index contributed by atoms with van der Waals surface area (Å²) in [5, 5.41) is 8.99. The number of thiophene rings is 1. The minimum Gasteiger partial charge on any atom is -0.486 e. The van der Waals surface area contributed by atoms with Gasteiger partial charge in [0.25, 0.3) is 5.91 Å². The Morgan fingerprint density at radius 1 is 1.30 bits per heavy atom. The van der Waals surface area contributed by atoms with Crippen LogP contribution in [-0.2, 0) is 13.2 Å². The first-order valence-corrected chi connectivity index (χ1v) is 9.35. The van der Waals surface area contributed by atoms with E-state index in [1.165, 1.54) is 17.4 Å². The van der Waals surface area contributed by atoms with E-state index in [0.717, 1.165) is 36.4 Å². The van der Waals surface area contributed by atoms with Crippen LogP contribution >= 0.6 is 11.3 Å². The zero-order valence-electron chi connectivity index (χ0n) is 15.0. The van der Waals surface area contributed by atoms with E-state index in [1.54, 1.807) is 16.1 Å². The van der Waals surface area contributed by atoms with Crippen LogP contribution in [0.4, 0.5) is 14.6 Å². The van der Waals surface area contributed by atoms with Gasteiger partial charge in [-0.1, -0.05) is 6.92 Å². The molecule has 0 bridgehead atoms. The fourth-order valence-electron chi connectivity index (χ4n) is 2.53. The molecule has 3 aromatic rings. The summed E-state index contributed by atoms with van der Waals surface area (Å²) in [5.41, 5.74) is 1.56. The fourth-order valence-corrected chi connectivity index (χ4v) is 3.32. The first-order valence-electron chi connectivity index (χ1n) is 8.47. The van der Waals surface area contributed by atoms with Crippen LogP contribution in [-0.4, -0.2) is 15.7 Å². The molecule has 2 aromatic heterocycles. The number of nitrogens with one attached hydrogen (secondary N) is 1. The maximum Gasteiger partial charge on any atom is 0.266 e. The highest BCUT2D eigenvalue weighted by Gasteiger charge is 2.14. The number of carbonyl (C=O) groups is 1. The number of rotatable bonds is 7. The van der Waals surface area contributed by atoms with Crippen molar-refractivity contribution in [1.82, 2.24) is 9.78 Å². The molecule has 1 amide bonds. The summed E-state index contributed by atoms with van der Waals surface area (Å²) in [4.78, 5) is 13.0. The molecular weight excluding hydrogens is 372 g/mol. The lowest BCUT2D eigenvalue weighted by molar-refractivity contribution is 0.102. The standard InChI is InChI=1S/C19H19F2N3O2S/c1-3-6-24-18(7-12(2)23-24)22-19(25)17-8-13(11-27-17)10-26-16-5-4-14(20)9-15(16)21/h4-5,7-9,11H,3,6,10H2,1-2H3,(H,22,25). The number of aryl methyl sites for hydroxylation is 2. The van der Waals surface area contributed by atoms with Gasteiger partial charge in [-0.05, 0) is 36.9 Å². The van der Waals surface area contributed by atoms with Gasteiger partial charge in [-0.15, -0.1) is 11.3 Å². The molecular formula is C19H19F2N3O2S. The van der Waals surface area contributed by atoms with Crippen molar-refractivity contribution in [2.45, 2.75) is 33.4 Å². The number of halogens is 2. The van der Waals surface area contributed by atoms with Crippen molar-refractivity contribution in [3.63, 3.8) is 0 Å². The van der Waals surface area contributed by atoms with Gasteiger partial charge >= 0.3 is 0 Å². The van der Waals surface area contributed by atoms with Gasteiger partial charge in [0.15, 0.2) is 11.6 Å². The van der Waals surface area contributed by atoms with Crippen LogP contribution < -0.4 is 10.1 Å². The molecule has 0 atom stereocenters. The van der Waals surface area contributed by atoms with Gasteiger partial charge in [-0.2, -0.15) is 5.10 Å². The Morgan fingerprint density at radius 2 is 2.11 bits per heavy atom. The third-order valence-corrected chi connectivity index (χ3v) is 4.72. The van der Waals surface area contributed by atoms with E-state index in [4.69, 9.17) is 4.74 Å². The first-order chi connectivity index (χ1) is 13.0. The van der Waals surface area contributed by atoms with Crippen LogP contribution in [0.1, 0.15) is 34.3 Å². The quantitative estimate of drug-likeness (QED) is 0.631. The smallest absolute Gasteiger partial charge is 0.266 e. The van der Waals surface area contributed by atoms with Crippen molar-refractivity contribution < 1.29 is 18.3 Å². The average molecular weight is 391 g/mol.